The number of aromatic nitrogens is 19. The molecule has 1 saturated heterocycles. The number of Topliss-reactive ketones (excluding diaryl/α,β-unsaturated/α-hetero) is 1. The summed E-state index contributed by atoms with van der Waals surface area (Å²) in [5.41, 5.74) is 21.3. The molecule has 0 saturated carbocycles. The van der Waals surface area contributed by atoms with Gasteiger partial charge in [-0.2, -0.15) is 10.2 Å². The monoisotopic (exact) mass is 1950 g/mol. The number of piperidine rings is 1. The molecule has 0 radical (unpaired) electrons. The summed E-state index contributed by atoms with van der Waals surface area (Å²) in [6, 6.07) is 58.4. The number of fused-ring (bicyclic) bond motifs is 4. The lowest BCUT2D eigenvalue weighted by molar-refractivity contribution is -0.121. The lowest BCUT2D eigenvalue weighted by Crippen LogP contribution is -2.38. The second kappa shape index (κ2) is 45.7. The van der Waals surface area contributed by atoms with Crippen LogP contribution in [0.25, 0.3) is 89.2 Å². The molecule has 12 heterocycles. The van der Waals surface area contributed by atoms with Crippen molar-refractivity contribution in [2.45, 2.75) is 45.9 Å². The minimum absolute atomic E-state index is 0.0377. The van der Waals surface area contributed by atoms with E-state index in [1.54, 1.807) is 111 Å². The topological polar surface area (TPSA) is 354 Å². The van der Waals surface area contributed by atoms with Crippen LogP contribution in [0.15, 0.2) is 281 Å². The van der Waals surface area contributed by atoms with Crippen LogP contribution in [-0.4, -0.2) is 223 Å². The van der Waals surface area contributed by atoms with Gasteiger partial charge in [0, 0.05) is 282 Å². The van der Waals surface area contributed by atoms with Crippen molar-refractivity contribution in [2.75, 3.05) is 128 Å². The van der Waals surface area contributed by atoms with Crippen LogP contribution in [-0.2, 0) is 50.9 Å². The highest BCUT2D eigenvalue weighted by atomic mass is 16.5. The molecule has 36 nitrogen and oxygen atoms in total. The average molecular weight is 1950 g/mol. The molecular weight excluding hydrogens is 1840 g/mol. The van der Waals surface area contributed by atoms with Crippen LogP contribution in [0.3, 0.4) is 0 Å². The summed E-state index contributed by atoms with van der Waals surface area (Å²) in [7, 11) is 21.0. The Hall–Kier alpha value is -17.7. The molecule has 145 heavy (non-hydrogen) atoms. The van der Waals surface area contributed by atoms with E-state index in [1.165, 1.54) is 6.33 Å². The first-order valence-corrected chi connectivity index (χ1v) is 46.9. The van der Waals surface area contributed by atoms with Gasteiger partial charge in [0.2, 0.25) is 5.91 Å². The first kappa shape index (κ1) is 98.9. The Bertz CT molecular complexity index is 7630. The van der Waals surface area contributed by atoms with Crippen LogP contribution >= 0.6 is 0 Å². The van der Waals surface area contributed by atoms with Crippen molar-refractivity contribution < 1.29 is 52.6 Å². The third kappa shape index (κ3) is 24.7. The lowest BCUT2D eigenvalue weighted by Gasteiger charge is -2.31. The highest BCUT2D eigenvalue weighted by Gasteiger charge is 2.26. The predicted octanol–water partition coefficient (Wildman–Crippen LogP) is 17.4. The summed E-state index contributed by atoms with van der Waals surface area (Å²) < 4.78 is 55.6. The predicted molar refractivity (Wildman–Crippen MR) is 561 cm³/mol. The SMILES string of the molecule is COc1cc(OC)cc(N(CC(=O)Nc2ccncc2)c2ccc3ncc(-c4ccn(C)c4)nc3c2)c1.COc1cc(OC)cc(N(CC(O)Cn2ncnc2C)c2ccc3ncc(-c4ccn(C)c4)nc3c2)c1.COc1cc(OC)cc(N(CCN2CCC(=O)CC2)c2ccc3ncc(-c4ccn(C)c4)nc3c2)c1.COc1cc(OC)cc(N(CCn2cnc(C)n2)c2ccc3ncc(-c4ccn(C)c4)nc3c2)c1. The van der Waals surface area contributed by atoms with E-state index in [4.69, 9.17) is 57.8 Å². The van der Waals surface area contributed by atoms with E-state index >= 15 is 0 Å². The molecule has 0 bridgehead atoms. The molecule has 2 N–H and O–H groups in total. The van der Waals surface area contributed by atoms with Gasteiger partial charge in [0.25, 0.3) is 0 Å². The summed E-state index contributed by atoms with van der Waals surface area (Å²) in [6.07, 6.45) is 30.2. The summed E-state index contributed by atoms with van der Waals surface area (Å²) in [4.78, 5) is 86.0. The van der Waals surface area contributed by atoms with Gasteiger partial charge in [0.1, 0.15) is 82.6 Å². The van der Waals surface area contributed by atoms with E-state index in [2.05, 4.69) is 89.4 Å². The number of likely N-dealkylation sites (tertiary alicyclic amines) is 1. The number of nitrogens with one attached hydrogen (secondary N) is 1. The van der Waals surface area contributed by atoms with Gasteiger partial charge in [-0.05, 0) is 123 Å². The van der Waals surface area contributed by atoms with E-state index < -0.39 is 6.10 Å². The number of carbonyl (C=O) groups is 2. The summed E-state index contributed by atoms with van der Waals surface area (Å²) in [6.45, 7) is 8.84. The molecule has 1 fully saturated rings. The van der Waals surface area contributed by atoms with Gasteiger partial charge < -0.3 is 91.1 Å². The van der Waals surface area contributed by atoms with Gasteiger partial charge in [0.15, 0.2) is 0 Å². The first-order valence-electron chi connectivity index (χ1n) is 46.9. The average Bonchev–Trinajstić information content (AvgIpc) is 1.58. The Labute approximate surface area is 838 Å². The van der Waals surface area contributed by atoms with Gasteiger partial charge in [-0.15, -0.1) is 0 Å². The van der Waals surface area contributed by atoms with Crippen LogP contribution in [0.1, 0.15) is 24.5 Å². The van der Waals surface area contributed by atoms with Gasteiger partial charge in [0.05, 0.1) is 174 Å². The Balaban J connectivity index is 0.000000132. The van der Waals surface area contributed by atoms with E-state index in [0.717, 1.165) is 178 Å². The van der Waals surface area contributed by atoms with Crippen molar-refractivity contribution in [3.05, 3.63) is 293 Å². The van der Waals surface area contributed by atoms with E-state index in [9.17, 15) is 14.7 Å². The second-order valence-corrected chi connectivity index (χ2v) is 34.6. The van der Waals surface area contributed by atoms with Crippen LogP contribution in [0.5, 0.6) is 46.0 Å². The molecule has 11 aromatic heterocycles. The van der Waals surface area contributed by atoms with Crippen LogP contribution in [0.4, 0.5) is 51.2 Å². The third-order valence-corrected chi connectivity index (χ3v) is 24.6. The van der Waals surface area contributed by atoms with Crippen LogP contribution in [0.2, 0.25) is 0 Å². The van der Waals surface area contributed by atoms with E-state index in [0.29, 0.717) is 84.0 Å². The smallest absolute Gasteiger partial charge is 0.244 e. The molecule has 1 amide bonds. The number of ether oxygens (including phenoxy) is 8. The number of hydrogen-bond donors (Lipinski definition) is 2. The maximum atomic E-state index is 13.1. The molecule has 8 aromatic carbocycles. The van der Waals surface area contributed by atoms with E-state index in [1.807, 2.05) is 276 Å². The molecule has 1 aliphatic heterocycles. The van der Waals surface area contributed by atoms with Crippen LogP contribution < -0.4 is 62.8 Å². The molecule has 20 rings (SSSR count). The zero-order chi connectivity index (χ0) is 101. The normalized spacial score (nSPS) is 12.0. The molecule has 0 aliphatic carbocycles. The van der Waals surface area contributed by atoms with Gasteiger partial charge in [-0.1, -0.05) is 0 Å². The van der Waals surface area contributed by atoms with Crippen molar-refractivity contribution in [1.82, 2.24) is 97.6 Å². The molecule has 1 aliphatic rings. The van der Waals surface area contributed by atoms with Crippen molar-refractivity contribution in [3.63, 3.8) is 0 Å². The fourth-order valence-corrected chi connectivity index (χ4v) is 16.9. The summed E-state index contributed by atoms with van der Waals surface area (Å²) in [5.74, 6) is 7.04. The van der Waals surface area contributed by atoms with Crippen molar-refractivity contribution in [2.24, 2.45) is 28.2 Å². The minimum Gasteiger partial charge on any atom is -0.497 e. The lowest BCUT2D eigenvalue weighted by atomic mass is 10.1. The number of carbonyl (C=O) groups excluding carboxylic acids is 2. The Morgan fingerprint density at radius 2 is 0.745 bits per heavy atom. The Morgan fingerprint density at radius 1 is 0.400 bits per heavy atom. The number of pyridine rings is 1. The number of anilines is 9. The highest BCUT2D eigenvalue weighted by Crippen LogP contribution is 2.41. The molecule has 1 atom stereocenters. The number of methoxy groups -OCH3 is 8. The molecule has 19 aromatic rings. The number of ketones is 1. The summed E-state index contributed by atoms with van der Waals surface area (Å²) in [5, 5.41) is 22.7. The quantitative estimate of drug-likeness (QED) is 0.0386. The van der Waals surface area contributed by atoms with Crippen molar-refractivity contribution >= 4 is 107 Å². The fraction of sp³-hybridized carbons (Fsp3) is 0.239. The van der Waals surface area contributed by atoms with Crippen LogP contribution in [0, 0.1) is 13.8 Å². The molecule has 0 spiro atoms. The van der Waals surface area contributed by atoms with Crippen molar-refractivity contribution in [3.8, 4) is 91.0 Å². The largest absolute Gasteiger partial charge is 0.497 e. The maximum Gasteiger partial charge on any atom is 0.244 e. The zero-order valence-electron chi connectivity index (χ0n) is 83.2. The number of benzene rings is 8. The van der Waals surface area contributed by atoms with Gasteiger partial charge >= 0.3 is 0 Å². The van der Waals surface area contributed by atoms with Gasteiger partial charge in [-0.3, -0.25) is 39.2 Å². The molecular formula is C109H113N25O11. The van der Waals surface area contributed by atoms with Crippen molar-refractivity contribution in [1.29, 1.82) is 0 Å². The molecule has 36 heteroatoms. The number of aliphatic hydroxyl groups excluding tert-OH is 1. The number of rotatable bonds is 33. The number of aliphatic hydroxyl groups is 1. The summed E-state index contributed by atoms with van der Waals surface area (Å²) >= 11 is 0. The highest BCUT2D eigenvalue weighted by molar-refractivity contribution is 5.97. The molecule has 740 valence electrons. The molecule has 1 unspecified atom stereocenters. The minimum atomic E-state index is -0.741. The number of nitrogens with zero attached hydrogens (tertiary/aromatic N) is 24. The maximum absolute atomic E-state index is 13.1. The fourth-order valence-electron chi connectivity index (χ4n) is 16.9. The van der Waals surface area contributed by atoms with E-state index in [-0.39, 0.29) is 19.0 Å². The first-order chi connectivity index (χ1) is 70.5. The van der Waals surface area contributed by atoms with Gasteiger partial charge in [-0.25, -0.2) is 34.6 Å². The zero-order valence-corrected chi connectivity index (χ0v) is 83.2. The standard InChI is InChI=1S/C28H26N6O3.C28H31N5O3.C27H29N7O3.C26H27N7O2/c1-33-11-8-19(17-33)27-16-30-25-5-4-21(14-26(25)32-27)34(18-28(35)31-20-6-9-29-10-7-20)22-12-23(36-2)15-24(13-22)37-3;1-31-9-6-20(19-31)28-18-29-26-5-4-21(16-27(26)30-28)33(13-12-32-10-7-23(34)8-11-32)22-14-24(35-2)17-25(15-22)36-3;1-18-29-17-30-34(18)16-22(35)15-33(21-9-23(36-3)12-24(10-21)37-4)20-5-6-25-26(11-20)31-27(13-28-25)19-7-8-32(2)14-19;1-18-28-17-32(30-18)9-10-33(21-11-22(34-3)14-23(12-21)35-4)20-5-6-24-25(13-20)29-26(15-27-24)19-7-8-31(2)16-19/h4-17H,18H2,1-3H3,(H,29,31,35);4-6,9,14-19H,7-8,10-13H2,1-3H3;5-14,17,22,35H,15-16H2,1-4H3;5-8,11-17H,9-10H2,1-4H3. The second-order valence-electron chi connectivity index (χ2n) is 34.6. The number of aryl methyl sites for hydroxylation is 6. The Morgan fingerprint density at radius 3 is 1.08 bits per heavy atom. The third-order valence-electron chi connectivity index (χ3n) is 24.6. The Kier molecular flexibility index (Phi) is 31.2. The number of hydrogen-bond acceptors (Lipinski definition) is 29. The number of amides is 1.